The molecule has 0 atom stereocenters. The minimum atomic E-state index is 0.688. The Bertz CT molecular complexity index is 193. The van der Waals surface area contributed by atoms with E-state index in [4.69, 9.17) is 0 Å². The van der Waals surface area contributed by atoms with Crippen molar-refractivity contribution in [2.24, 2.45) is 0 Å². The third kappa shape index (κ3) is 2.78. The van der Waals surface area contributed by atoms with Crippen molar-refractivity contribution in [2.75, 3.05) is 11.2 Å². The van der Waals surface area contributed by atoms with E-state index >= 15 is 0 Å². The second-order valence-electron chi connectivity index (χ2n) is 2.78. The molecule has 1 N–H and O–H groups in total. The Labute approximate surface area is 79.6 Å². The van der Waals surface area contributed by atoms with Gasteiger partial charge in [0, 0.05) is 5.69 Å². The maximum absolute atomic E-state index is 4.09. The molecule has 1 nitrogen and oxygen atoms in total. The Kier molecular flexibility index (Phi) is 4.01. The van der Waals surface area contributed by atoms with Gasteiger partial charge in [-0.2, -0.15) is 12.6 Å². The molecule has 0 aromatic heterocycles. The van der Waals surface area contributed by atoms with Gasteiger partial charge in [0.1, 0.15) is 0 Å². The second kappa shape index (κ2) is 5.09. The smallest absolute Gasteiger partial charge is 0.0581 e. The van der Waals surface area contributed by atoms with E-state index in [1.807, 2.05) is 0 Å². The van der Waals surface area contributed by atoms with Gasteiger partial charge >= 0.3 is 0 Å². The lowest BCUT2D eigenvalue weighted by Crippen LogP contribution is -1.93. The van der Waals surface area contributed by atoms with Crippen LogP contribution in [0.2, 0.25) is 0 Å². The van der Waals surface area contributed by atoms with Crippen molar-refractivity contribution in [2.45, 2.75) is 19.8 Å². The Morgan fingerprint density at radius 1 is 1.25 bits per heavy atom. The number of anilines is 1. The van der Waals surface area contributed by atoms with Gasteiger partial charge in [-0.3, -0.25) is 0 Å². The van der Waals surface area contributed by atoms with Crippen LogP contribution in [0.15, 0.2) is 24.3 Å². The summed E-state index contributed by atoms with van der Waals surface area (Å²) < 4.78 is 0. The minimum absolute atomic E-state index is 0.688. The Morgan fingerprint density at radius 2 is 1.92 bits per heavy atom. The summed E-state index contributed by atoms with van der Waals surface area (Å²) in [6.45, 7) is 2.19. The largest absolute Gasteiger partial charge is 0.376 e. The Hall–Kier alpha value is -0.630. The van der Waals surface area contributed by atoms with Gasteiger partial charge in [0.15, 0.2) is 0 Å². The summed E-state index contributed by atoms with van der Waals surface area (Å²) in [5, 5.41) is 3.14. The van der Waals surface area contributed by atoms with Crippen molar-refractivity contribution < 1.29 is 0 Å². The van der Waals surface area contributed by atoms with Crippen molar-refractivity contribution >= 4 is 18.3 Å². The first kappa shape index (κ1) is 9.46. The van der Waals surface area contributed by atoms with E-state index < -0.39 is 0 Å². The number of benzene rings is 1. The molecule has 1 aromatic carbocycles. The van der Waals surface area contributed by atoms with Gasteiger partial charge in [0.05, 0.1) is 5.88 Å². The molecule has 0 aliphatic heterocycles. The second-order valence-corrected chi connectivity index (χ2v) is 3.10. The summed E-state index contributed by atoms with van der Waals surface area (Å²) in [6.07, 6.45) is 2.38. The molecular weight excluding hydrogens is 166 g/mol. The van der Waals surface area contributed by atoms with Gasteiger partial charge in [0.2, 0.25) is 0 Å². The Balaban J connectivity index is 2.58. The van der Waals surface area contributed by atoms with Crippen LogP contribution in [0.5, 0.6) is 0 Å². The first-order valence-electron chi connectivity index (χ1n) is 4.30. The van der Waals surface area contributed by atoms with Crippen LogP contribution in [0.3, 0.4) is 0 Å². The third-order valence-corrected chi connectivity index (χ3v) is 1.93. The van der Waals surface area contributed by atoms with Gasteiger partial charge < -0.3 is 5.32 Å². The van der Waals surface area contributed by atoms with Crippen molar-refractivity contribution in [1.82, 2.24) is 0 Å². The van der Waals surface area contributed by atoms with Gasteiger partial charge in [-0.1, -0.05) is 25.5 Å². The van der Waals surface area contributed by atoms with Crippen molar-refractivity contribution in [1.29, 1.82) is 0 Å². The molecule has 0 radical (unpaired) electrons. The lowest BCUT2D eigenvalue weighted by Gasteiger charge is -2.03. The third-order valence-electron chi connectivity index (χ3n) is 1.78. The van der Waals surface area contributed by atoms with E-state index in [1.165, 1.54) is 18.4 Å². The molecule has 0 unspecified atom stereocenters. The summed E-state index contributed by atoms with van der Waals surface area (Å²) in [5.41, 5.74) is 2.55. The molecule has 0 saturated carbocycles. The quantitative estimate of drug-likeness (QED) is 0.537. The highest BCUT2D eigenvalue weighted by Gasteiger charge is 1.91. The molecule has 0 saturated heterocycles. The average molecular weight is 181 g/mol. The van der Waals surface area contributed by atoms with Crippen LogP contribution in [-0.4, -0.2) is 5.88 Å². The highest BCUT2D eigenvalue weighted by Crippen LogP contribution is 2.10. The van der Waals surface area contributed by atoms with Crippen LogP contribution in [0.1, 0.15) is 18.9 Å². The highest BCUT2D eigenvalue weighted by atomic mass is 32.1. The zero-order valence-electron chi connectivity index (χ0n) is 7.38. The van der Waals surface area contributed by atoms with E-state index in [1.54, 1.807) is 0 Å². The normalized spacial score (nSPS) is 9.83. The topological polar surface area (TPSA) is 12.0 Å². The molecule has 0 aliphatic carbocycles. The molecule has 0 bridgehead atoms. The number of nitrogens with one attached hydrogen (secondary N) is 1. The molecule has 0 heterocycles. The van der Waals surface area contributed by atoms with E-state index in [-0.39, 0.29) is 0 Å². The highest BCUT2D eigenvalue weighted by molar-refractivity contribution is 7.80. The average Bonchev–Trinajstić information content (AvgIpc) is 2.09. The summed E-state index contributed by atoms with van der Waals surface area (Å²) in [7, 11) is 0. The molecule has 66 valence electrons. The molecule has 0 spiro atoms. The number of rotatable bonds is 4. The van der Waals surface area contributed by atoms with Gasteiger partial charge in [-0.25, -0.2) is 0 Å². The van der Waals surface area contributed by atoms with Crippen LogP contribution in [0.25, 0.3) is 0 Å². The van der Waals surface area contributed by atoms with Crippen LogP contribution in [0, 0.1) is 0 Å². The van der Waals surface area contributed by atoms with Crippen LogP contribution >= 0.6 is 12.6 Å². The zero-order chi connectivity index (χ0) is 8.81. The van der Waals surface area contributed by atoms with Crippen LogP contribution in [-0.2, 0) is 6.42 Å². The van der Waals surface area contributed by atoms with E-state index in [0.717, 1.165) is 5.69 Å². The Morgan fingerprint density at radius 3 is 2.42 bits per heavy atom. The van der Waals surface area contributed by atoms with Gasteiger partial charge in [-0.05, 0) is 24.1 Å². The molecule has 1 rings (SSSR count). The fourth-order valence-corrected chi connectivity index (χ4v) is 1.35. The van der Waals surface area contributed by atoms with Gasteiger partial charge in [0.25, 0.3) is 0 Å². The molecule has 0 amide bonds. The van der Waals surface area contributed by atoms with E-state index in [0.29, 0.717) is 5.88 Å². The lowest BCUT2D eigenvalue weighted by atomic mass is 10.1. The van der Waals surface area contributed by atoms with Crippen molar-refractivity contribution in [3.8, 4) is 0 Å². The van der Waals surface area contributed by atoms with Crippen LogP contribution < -0.4 is 5.32 Å². The standard InChI is InChI=1S/C10H15NS/c1-2-3-9-4-6-10(7-5-9)11-8-12/h4-7,11-12H,2-3,8H2,1H3. The van der Waals surface area contributed by atoms with Crippen molar-refractivity contribution in [3.63, 3.8) is 0 Å². The minimum Gasteiger partial charge on any atom is -0.376 e. The fourth-order valence-electron chi connectivity index (χ4n) is 1.17. The monoisotopic (exact) mass is 181 g/mol. The molecule has 0 aliphatic rings. The van der Waals surface area contributed by atoms with Gasteiger partial charge in [-0.15, -0.1) is 0 Å². The van der Waals surface area contributed by atoms with E-state index in [2.05, 4.69) is 49.1 Å². The summed E-state index contributed by atoms with van der Waals surface area (Å²) in [5.74, 6) is 0.688. The van der Waals surface area contributed by atoms with E-state index in [9.17, 15) is 0 Å². The molecule has 2 heteroatoms. The number of hydrogen-bond donors (Lipinski definition) is 2. The fraction of sp³-hybridized carbons (Fsp3) is 0.400. The lowest BCUT2D eigenvalue weighted by molar-refractivity contribution is 0.922. The first-order chi connectivity index (χ1) is 5.86. The maximum Gasteiger partial charge on any atom is 0.0581 e. The zero-order valence-corrected chi connectivity index (χ0v) is 8.27. The predicted molar refractivity (Wildman–Crippen MR) is 57.9 cm³/mol. The molecule has 0 fully saturated rings. The number of aryl methyl sites for hydroxylation is 1. The summed E-state index contributed by atoms with van der Waals surface area (Å²) in [6, 6.07) is 8.52. The van der Waals surface area contributed by atoms with Crippen LogP contribution in [0.4, 0.5) is 5.69 Å². The summed E-state index contributed by atoms with van der Waals surface area (Å²) >= 11 is 4.09. The molecule has 1 aromatic rings. The SMILES string of the molecule is CCCc1ccc(NCS)cc1. The number of thiol groups is 1. The van der Waals surface area contributed by atoms with Crippen molar-refractivity contribution in [3.05, 3.63) is 29.8 Å². The summed E-state index contributed by atoms with van der Waals surface area (Å²) in [4.78, 5) is 0. The molecule has 12 heavy (non-hydrogen) atoms. The maximum atomic E-state index is 4.09. The first-order valence-corrected chi connectivity index (χ1v) is 4.93. The number of hydrogen-bond acceptors (Lipinski definition) is 2. The predicted octanol–water partition coefficient (Wildman–Crippen LogP) is 2.94. The molecular formula is C10H15NS.